The largest absolute Gasteiger partial charge is 0.497 e. The van der Waals surface area contributed by atoms with Crippen LogP contribution in [0, 0.1) is 0 Å². The van der Waals surface area contributed by atoms with Crippen molar-refractivity contribution in [1.82, 2.24) is 0 Å². The molecular formula is C20H22O. The van der Waals surface area contributed by atoms with Gasteiger partial charge in [0.1, 0.15) is 6.10 Å². The average Bonchev–Trinajstić information content (AvgIpc) is 2.99. The lowest BCUT2D eigenvalue weighted by Gasteiger charge is -2.36. The highest BCUT2D eigenvalue weighted by molar-refractivity contribution is 5.42. The molecule has 1 aliphatic carbocycles. The van der Waals surface area contributed by atoms with Crippen LogP contribution in [0.25, 0.3) is 0 Å². The molecule has 0 aromatic heterocycles. The van der Waals surface area contributed by atoms with E-state index in [0.717, 1.165) is 12.8 Å². The van der Waals surface area contributed by atoms with Gasteiger partial charge in [-0.1, -0.05) is 66.7 Å². The third-order valence-electron chi connectivity index (χ3n) is 4.54. The van der Waals surface area contributed by atoms with E-state index in [1.807, 2.05) is 19.3 Å². The third kappa shape index (κ3) is 2.49. The van der Waals surface area contributed by atoms with Gasteiger partial charge in [-0.2, -0.15) is 0 Å². The van der Waals surface area contributed by atoms with Crippen LogP contribution in [0.5, 0.6) is 0 Å². The van der Waals surface area contributed by atoms with Crippen LogP contribution in [0.4, 0.5) is 0 Å². The summed E-state index contributed by atoms with van der Waals surface area (Å²) in [7, 11) is 0. The van der Waals surface area contributed by atoms with Crippen molar-refractivity contribution >= 4 is 0 Å². The van der Waals surface area contributed by atoms with Gasteiger partial charge in [0.2, 0.25) is 0 Å². The first kappa shape index (κ1) is 13.9. The Morgan fingerprint density at radius 2 is 1.52 bits per heavy atom. The Kier molecular flexibility index (Phi) is 4.10. The van der Waals surface area contributed by atoms with Crippen LogP contribution in [-0.2, 0) is 10.2 Å². The molecule has 0 aliphatic heterocycles. The lowest BCUT2D eigenvalue weighted by molar-refractivity contribution is 0.102. The monoisotopic (exact) mass is 278 g/mol. The van der Waals surface area contributed by atoms with E-state index in [-0.39, 0.29) is 11.5 Å². The number of ether oxygens (including phenoxy) is 1. The summed E-state index contributed by atoms with van der Waals surface area (Å²) in [5, 5.41) is 0. The summed E-state index contributed by atoms with van der Waals surface area (Å²) in [5.74, 6) is 0. The summed E-state index contributed by atoms with van der Waals surface area (Å²) < 4.78 is 6.10. The first-order chi connectivity index (χ1) is 10.4. The molecule has 1 heteroatoms. The van der Waals surface area contributed by atoms with Crippen LogP contribution in [-0.4, -0.2) is 6.10 Å². The molecule has 2 aromatic carbocycles. The molecule has 0 heterocycles. The van der Waals surface area contributed by atoms with Crippen molar-refractivity contribution in [3.05, 3.63) is 84.1 Å². The normalized spacial score (nSPS) is 20.7. The van der Waals surface area contributed by atoms with Crippen molar-refractivity contribution in [3.63, 3.8) is 0 Å². The molecule has 108 valence electrons. The smallest absolute Gasteiger partial charge is 0.111 e. The molecule has 1 saturated carbocycles. The van der Waals surface area contributed by atoms with Gasteiger partial charge < -0.3 is 4.74 Å². The molecule has 0 N–H and O–H groups in total. The van der Waals surface area contributed by atoms with Gasteiger partial charge in [-0.3, -0.25) is 0 Å². The fraction of sp³-hybridized carbons (Fsp3) is 0.300. The third-order valence-corrected chi connectivity index (χ3v) is 4.54. The Bertz CT molecular complexity index is 546. The molecule has 0 bridgehead atoms. The molecule has 3 rings (SSSR count). The molecule has 1 nitrogen and oxygen atoms in total. The first-order valence-corrected chi connectivity index (χ1v) is 7.75. The highest BCUT2D eigenvalue weighted by Gasteiger charge is 2.46. The average molecular weight is 278 g/mol. The number of allylic oxidation sites excluding steroid dienone is 1. The minimum atomic E-state index is -0.0258. The molecule has 2 aromatic rings. The maximum absolute atomic E-state index is 6.10. The van der Waals surface area contributed by atoms with Gasteiger partial charge >= 0.3 is 0 Å². The fourth-order valence-electron chi connectivity index (χ4n) is 3.63. The topological polar surface area (TPSA) is 9.23 Å². The van der Waals surface area contributed by atoms with Gasteiger partial charge in [-0.25, -0.2) is 0 Å². The van der Waals surface area contributed by atoms with Crippen molar-refractivity contribution in [2.75, 3.05) is 0 Å². The Morgan fingerprint density at radius 1 is 0.952 bits per heavy atom. The molecule has 1 fully saturated rings. The van der Waals surface area contributed by atoms with E-state index in [0.29, 0.717) is 0 Å². The van der Waals surface area contributed by atoms with Crippen LogP contribution in [0.3, 0.4) is 0 Å². The number of rotatable bonds is 4. The fourth-order valence-corrected chi connectivity index (χ4v) is 3.63. The van der Waals surface area contributed by atoms with E-state index in [1.54, 1.807) is 0 Å². The van der Waals surface area contributed by atoms with Gasteiger partial charge in [0.05, 0.1) is 11.7 Å². The Labute approximate surface area is 127 Å². The summed E-state index contributed by atoms with van der Waals surface area (Å²) in [4.78, 5) is 0. The van der Waals surface area contributed by atoms with E-state index < -0.39 is 0 Å². The van der Waals surface area contributed by atoms with Gasteiger partial charge in [-0.05, 0) is 37.3 Å². The van der Waals surface area contributed by atoms with E-state index in [1.165, 1.54) is 17.5 Å². The maximum Gasteiger partial charge on any atom is 0.111 e. The standard InChI is InChI=1S/C20H22O/c1-2-16-21-19-14-9-15-20(19,17-10-5-3-6-11-17)18-12-7-4-8-13-18/h2-8,10-13,16,19H,9,14-15H2,1H3/b16-2-/t19-/m1/s1. The van der Waals surface area contributed by atoms with Crippen LogP contribution >= 0.6 is 0 Å². The molecule has 1 aliphatic rings. The van der Waals surface area contributed by atoms with Crippen molar-refractivity contribution in [2.24, 2.45) is 0 Å². The lowest BCUT2D eigenvalue weighted by Crippen LogP contribution is -2.37. The Balaban J connectivity index is 2.11. The Morgan fingerprint density at radius 3 is 2.05 bits per heavy atom. The molecule has 1 atom stereocenters. The second-order valence-electron chi connectivity index (χ2n) is 5.69. The molecule has 0 saturated heterocycles. The van der Waals surface area contributed by atoms with Crippen LogP contribution in [0.1, 0.15) is 37.3 Å². The van der Waals surface area contributed by atoms with E-state index >= 15 is 0 Å². The minimum Gasteiger partial charge on any atom is -0.497 e. The van der Waals surface area contributed by atoms with Crippen LogP contribution < -0.4 is 0 Å². The summed E-state index contributed by atoms with van der Waals surface area (Å²) in [6, 6.07) is 21.6. The van der Waals surface area contributed by atoms with Gasteiger partial charge in [0, 0.05) is 0 Å². The molecular weight excluding hydrogens is 256 g/mol. The molecule has 0 radical (unpaired) electrons. The molecule has 0 spiro atoms. The van der Waals surface area contributed by atoms with Crippen LogP contribution in [0.15, 0.2) is 73.0 Å². The zero-order valence-corrected chi connectivity index (χ0v) is 12.5. The maximum atomic E-state index is 6.10. The number of hydrogen-bond donors (Lipinski definition) is 0. The summed E-state index contributed by atoms with van der Waals surface area (Å²) >= 11 is 0. The van der Waals surface area contributed by atoms with Crippen molar-refractivity contribution in [1.29, 1.82) is 0 Å². The Hall–Kier alpha value is -2.02. The SMILES string of the molecule is C/C=C\O[C@@H]1CCCC1(c1ccccc1)c1ccccc1. The quantitative estimate of drug-likeness (QED) is 0.709. The van der Waals surface area contributed by atoms with E-state index in [2.05, 4.69) is 60.7 Å². The minimum absolute atomic E-state index is 0.0258. The lowest BCUT2D eigenvalue weighted by atomic mass is 9.71. The van der Waals surface area contributed by atoms with Crippen molar-refractivity contribution < 1.29 is 4.74 Å². The van der Waals surface area contributed by atoms with Gasteiger partial charge in [-0.15, -0.1) is 0 Å². The molecule has 0 amide bonds. The predicted molar refractivity (Wildman–Crippen MR) is 87.2 cm³/mol. The second-order valence-corrected chi connectivity index (χ2v) is 5.69. The number of benzene rings is 2. The van der Waals surface area contributed by atoms with E-state index in [4.69, 9.17) is 4.74 Å². The predicted octanol–water partition coefficient (Wildman–Crippen LogP) is 5.08. The molecule has 21 heavy (non-hydrogen) atoms. The second kappa shape index (κ2) is 6.17. The van der Waals surface area contributed by atoms with E-state index in [9.17, 15) is 0 Å². The summed E-state index contributed by atoms with van der Waals surface area (Å²) in [6.07, 6.45) is 7.47. The highest BCUT2D eigenvalue weighted by atomic mass is 16.5. The van der Waals surface area contributed by atoms with Gasteiger partial charge in [0.25, 0.3) is 0 Å². The summed E-state index contributed by atoms with van der Waals surface area (Å²) in [6.45, 7) is 2.00. The zero-order valence-electron chi connectivity index (χ0n) is 12.5. The van der Waals surface area contributed by atoms with Gasteiger partial charge in [0.15, 0.2) is 0 Å². The number of hydrogen-bond acceptors (Lipinski definition) is 1. The van der Waals surface area contributed by atoms with Crippen LogP contribution in [0.2, 0.25) is 0 Å². The molecule has 0 unspecified atom stereocenters. The summed E-state index contributed by atoms with van der Waals surface area (Å²) in [5.41, 5.74) is 2.70. The zero-order chi connectivity index (χ0) is 14.5. The highest BCUT2D eigenvalue weighted by Crippen LogP contribution is 2.48. The van der Waals surface area contributed by atoms with Crippen molar-refractivity contribution in [2.45, 2.75) is 37.7 Å². The van der Waals surface area contributed by atoms with Crippen molar-refractivity contribution in [3.8, 4) is 0 Å². The first-order valence-electron chi connectivity index (χ1n) is 7.75.